The van der Waals surface area contributed by atoms with Gasteiger partial charge in [0, 0.05) is 44.5 Å². The van der Waals surface area contributed by atoms with Gasteiger partial charge in [0.05, 0.1) is 23.8 Å². The van der Waals surface area contributed by atoms with Crippen LogP contribution in [0.2, 0.25) is 0 Å². The van der Waals surface area contributed by atoms with E-state index < -0.39 is 6.10 Å². The van der Waals surface area contributed by atoms with Crippen molar-refractivity contribution < 1.29 is 13.9 Å². The van der Waals surface area contributed by atoms with E-state index >= 15 is 0 Å². The number of aliphatic hydroxyl groups is 1. The minimum absolute atomic E-state index is 0.224. The van der Waals surface area contributed by atoms with Crippen LogP contribution in [0.5, 0.6) is 0 Å². The van der Waals surface area contributed by atoms with Crippen LogP contribution in [-0.2, 0) is 6.54 Å². The molecule has 1 fully saturated rings. The van der Waals surface area contributed by atoms with Gasteiger partial charge < -0.3 is 20.2 Å². The molecule has 13 nitrogen and oxygen atoms in total. The van der Waals surface area contributed by atoms with Gasteiger partial charge in [-0.15, -0.1) is 5.10 Å². The van der Waals surface area contributed by atoms with Crippen molar-refractivity contribution in [3.63, 3.8) is 0 Å². The molecule has 1 unspecified atom stereocenters. The first-order valence-corrected chi connectivity index (χ1v) is 14.1. The molecule has 6 aromatic rings. The fraction of sp³-hybridized carbons (Fsp3) is 0.310. The van der Waals surface area contributed by atoms with Crippen LogP contribution in [0.25, 0.3) is 39.5 Å². The molecule has 14 heteroatoms. The number of pyridine rings is 1. The molecule has 0 amide bonds. The first-order chi connectivity index (χ1) is 20.9. The Morgan fingerprint density at radius 1 is 1.07 bits per heavy atom. The lowest BCUT2D eigenvalue weighted by molar-refractivity contribution is 0.163. The summed E-state index contributed by atoms with van der Waals surface area (Å²) in [7, 11) is 0. The largest absolute Gasteiger partial charge is 0.446 e. The van der Waals surface area contributed by atoms with E-state index in [-0.39, 0.29) is 17.7 Å². The van der Waals surface area contributed by atoms with Crippen molar-refractivity contribution in [1.82, 2.24) is 44.2 Å². The molecule has 1 saturated heterocycles. The second kappa shape index (κ2) is 10.7. The van der Waals surface area contributed by atoms with Gasteiger partial charge in [0.1, 0.15) is 29.6 Å². The molecule has 6 heterocycles. The number of fused-ring (bicyclic) bond motifs is 3. The van der Waals surface area contributed by atoms with E-state index in [1.165, 1.54) is 16.8 Å². The predicted molar refractivity (Wildman–Crippen MR) is 158 cm³/mol. The van der Waals surface area contributed by atoms with Crippen LogP contribution >= 0.6 is 0 Å². The number of aliphatic hydroxyl groups excluding tert-OH is 1. The third kappa shape index (κ3) is 4.93. The average Bonchev–Trinajstić information content (AvgIpc) is 3.76. The number of nitrogens with zero attached hydrogens (tertiary/aromatic N) is 10. The molecule has 220 valence electrons. The highest BCUT2D eigenvalue weighted by molar-refractivity contribution is 5.90. The number of hydrogen-bond acceptors (Lipinski definition) is 11. The van der Waals surface area contributed by atoms with Crippen LogP contribution in [0.3, 0.4) is 0 Å². The first kappa shape index (κ1) is 26.9. The number of benzene rings is 1. The molecule has 3 N–H and O–H groups in total. The van der Waals surface area contributed by atoms with Crippen LogP contribution in [0.4, 0.5) is 16.0 Å². The zero-order valence-corrected chi connectivity index (χ0v) is 23.7. The Hall–Kier alpha value is -4.95. The van der Waals surface area contributed by atoms with Gasteiger partial charge in [0.2, 0.25) is 17.7 Å². The smallest absolute Gasteiger partial charge is 0.225 e. The first-order valence-electron chi connectivity index (χ1n) is 14.1. The zero-order valence-electron chi connectivity index (χ0n) is 23.7. The van der Waals surface area contributed by atoms with E-state index in [9.17, 15) is 9.50 Å². The summed E-state index contributed by atoms with van der Waals surface area (Å²) in [4.78, 5) is 22.4. The fourth-order valence-electron chi connectivity index (χ4n) is 5.42. The van der Waals surface area contributed by atoms with E-state index in [4.69, 9.17) is 15.1 Å². The number of aryl methyl sites for hydroxylation is 1. The number of oxazole rings is 1. The number of nitrogens with two attached hydrogens (primary N) is 1. The van der Waals surface area contributed by atoms with Crippen LogP contribution in [0.15, 0.2) is 53.4 Å². The Balaban J connectivity index is 1.04. The summed E-state index contributed by atoms with van der Waals surface area (Å²) in [5, 5.41) is 19.6. The number of rotatable bonds is 7. The van der Waals surface area contributed by atoms with E-state index in [2.05, 4.69) is 30.0 Å². The highest BCUT2D eigenvalue weighted by Gasteiger charge is 2.22. The Morgan fingerprint density at radius 2 is 1.91 bits per heavy atom. The quantitative estimate of drug-likeness (QED) is 0.285. The molecule has 0 saturated carbocycles. The van der Waals surface area contributed by atoms with Gasteiger partial charge in [0.15, 0.2) is 11.3 Å². The highest BCUT2D eigenvalue weighted by Crippen LogP contribution is 2.29. The number of anilines is 2. The van der Waals surface area contributed by atoms with Crippen molar-refractivity contribution >= 4 is 28.3 Å². The van der Waals surface area contributed by atoms with Gasteiger partial charge >= 0.3 is 0 Å². The van der Waals surface area contributed by atoms with Gasteiger partial charge in [-0.25, -0.2) is 19.0 Å². The molecule has 1 atom stereocenters. The maximum atomic E-state index is 14.9. The molecular weight excluding hydrogens is 553 g/mol. The number of halogens is 1. The van der Waals surface area contributed by atoms with E-state index in [1.807, 2.05) is 28.6 Å². The maximum absolute atomic E-state index is 14.9. The molecule has 0 spiro atoms. The molecule has 7 rings (SSSR count). The maximum Gasteiger partial charge on any atom is 0.225 e. The van der Waals surface area contributed by atoms with Crippen molar-refractivity contribution in [2.45, 2.75) is 26.5 Å². The van der Waals surface area contributed by atoms with Gasteiger partial charge in [-0.05, 0) is 43.7 Å². The van der Waals surface area contributed by atoms with Crippen molar-refractivity contribution in [2.24, 2.45) is 0 Å². The van der Waals surface area contributed by atoms with Crippen LogP contribution in [0, 0.1) is 12.7 Å². The second-order valence-electron chi connectivity index (χ2n) is 10.7. The summed E-state index contributed by atoms with van der Waals surface area (Å²) in [5.74, 6) is 0.649. The summed E-state index contributed by atoms with van der Waals surface area (Å²) in [5.41, 5.74) is 11.0. The third-order valence-corrected chi connectivity index (χ3v) is 7.78. The lowest BCUT2D eigenvalue weighted by Gasteiger charge is -2.36. The molecule has 1 aliphatic rings. The number of hydrogen-bond donors (Lipinski definition) is 2. The molecule has 0 bridgehead atoms. The zero-order chi connectivity index (χ0) is 29.7. The molecule has 0 aliphatic carbocycles. The molecule has 1 aliphatic heterocycles. The summed E-state index contributed by atoms with van der Waals surface area (Å²) in [6.07, 6.45) is 4.12. The van der Waals surface area contributed by atoms with Crippen LogP contribution < -0.4 is 10.6 Å². The van der Waals surface area contributed by atoms with Gasteiger partial charge in [-0.1, -0.05) is 6.07 Å². The Kier molecular flexibility index (Phi) is 6.70. The minimum Gasteiger partial charge on any atom is -0.446 e. The third-order valence-electron chi connectivity index (χ3n) is 7.78. The van der Waals surface area contributed by atoms with Gasteiger partial charge in [-0.3, -0.25) is 9.88 Å². The SMILES string of the molecule is Cc1cccnc1-c1nc2c3cnn(CCN4CCN(c5cc(-c6coc(C(C)O)n6)ccc5F)CC4)c3nc(N)n2n1. The van der Waals surface area contributed by atoms with Crippen molar-refractivity contribution in [3.8, 4) is 22.8 Å². The van der Waals surface area contributed by atoms with Crippen molar-refractivity contribution in [2.75, 3.05) is 43.4 Å². The predicted octanol–water partition coefficient (Wildman–Crippen LogP) is 3.10. The lowest BCUT2D eigenvalue weighted by atomic mass is 10.1. The van der Waals surface area contributed by atoms with Gasteiger partial charge in [0.25, 0.3) is 0 Å². The number of piperazine rings is 1. The van der Waals surface area contributed by atoms with Crippen LogP contribution in [-0.4, -0.2) is 82.1 Å². The number of nitrogen functional groups attached to an aromatic ring is 1. The van der Waals surface area contributed by atoms with E-state index in [0.717, 1.165) is 36.1 Å². The van der Waals surface area contributed by atoms with Crippen molar-refractivity contribution in [1.29, 1.82) is 0 Å². The second-order valence-corrected chi connectivity index (χ2v) is 10.7. The molecule has 43 heavy (non-hydrogen) atoms. The Bertz CT molecular complexity index is 1940. The van der Waals surface area contributed by atoms with E-state index in [1.54, 1.807) is 31.5 Å². The molecule has 0 radical (unpaired) electrons. The van der Waals surface area contributed by atoms with Crippen LogP contribution in [0.1, 0.15) is 24.5 Å². The number of aromatic nitrogens is 8. The molecule has 5 aromatic heterocycles. The average molecular weight is 584 g/mol. The Morgan fingerprint density at radius 3 is 2.67 bits per heavy atom. The van der Waals surface area contributed by atoms with E-state index in [0.29, 0.717) is 53.8 Å². The normalized spacial score (nSPS) is 15.1. The fourth-order valence-corrected chi connectivity index (χ4v) is 5.42. The lowest BCUT2D eigenvalue weighted by Crippen LogP contribution is -2.47. The summed E-state index contributed by atoms with van der Waals surface area (Å²) >= 11 is 0. The van der Waals surface area contributed by atoms with Crippen molar-refractivity contribution in [3.05, 3.63) is 66.3 Å². The molecule has 1 aromatic carbocycles. The molecular formula is C29H30FN11O2. The topological polar surface area (TPSA) is 153 Å². The Labute approximate surface area is 245 Å². The summed E-state index contributed by atoms with van der Waals surface area (Å²) in [6, 6.07) is 8.73. The minimum atomic E-state index is -0.812. The summed E-state index contributed by atoms with van der Waals surface area (Å²) in [6.45, 7) is 7.75. The van der Waals surface area contributed by atoms with Gasteiger partial charge in [-0.2, -0.15) is 14.6 Å². The summed E-state index contributed by atoms with van der Waals surface area (Å²) < 4.78 is 23.6. The standard InChI is InChI=1S/C29H30FN11O2/c1-17-4-3-7-32-24(17)25-35-27-20-15-33-40(26(20)36-29(31)41(27)37-25)13-10-38-8-11-39(12-9-38)23-14-19(5-6-21(23)30)22-16-43-28(34-22)18(2)42/h3-7,14-16,18,42H,8-13H2,1-2H3,(H2,31,36). The monoisotopic (exact) mass is 583 g/mol. The highest BCUT2D eigenvalue weighted by atomic mass is 19.1.